The highest BCUT2D eigenvalue weighted by Gasteiger charge is 2.49. The van der Waals surface area contributed by atoms with Crippen LogP contribution >= 0.6 is 0 Å². The number of carbonyl (C=O) groups excluding carboxylic acids is 2. The predicted octanol–water partition coefficient (Wildman–Crippen LogP) is 0.781. The Kier molecular flexibility index (Phi) is 4.19. The van der Waals surface area contributed by atoms with Crippen LogP contribution < -0.4 is 0 Å². The van der Waals surface area contributed by atoms with Crippen LogP contribution in [0.1, 0.15) is 35.3 Å². The Morgan fingerprint density at radius 1 is 1.35 bits per heavy atom. The maximum atomic E-state index is 12.8. The molecule has 0 radical (unpaired) electrons. The molecule has 2 fully saturated rings. The summed E-state index contributed by atoms with van der Waals surface area (Å²) in [5.41, 5.74) is 1.24. The highest BCUT2D eigenvalue weighted by atomic mass is 16.3. The fourth-order valence-electron chi connectivity index (χ4n) is 3.92. The fourth-order valence-corrected chi connectivity index (χ4v) is 3.92. The van der Waals surface area contributed by atoms with Gasteiger partial charge in [0.05, 0.1) is 17.6 Å². The Hall–Kier alpha value is -1.82. The maximum absolute atomic E-state index is 12.8. The molecular weight excluding hydrogens is 294 g/mol. The Labute approximate surface area is 136 Å². The van der Waals surface area contributed by atoms with E-state index in [0.717, 1.165) is 30.5 Å². The van der Waals surface area contributed by atoms with Crippen LogP contribution in [0.3, 0.4) is 0 Å². The van der Waals surface area contributed by atoms with Crippen molar-refractivity contribution in [1.29, 1.82) is 0 Å². The molecule has 3 heterocycles. The number of aromatic nitrogens is 1. The largest absolute Gasteiger partial charge is 0.395 e. The zero-order valence-corrected chi connectivity index (χ0v) is 13.9. The lowest BCUT2D eigenvalue weighted by atomic mass is 9.78. The molecule has 1 spiro atoms. The number of aliphatic hydroxyl groups is 1. The number of aryl methyl sites for hydroxylation is 1. The molecule has 23 heavy (non-hydrogen) atoms. The van der Waals surface area contributed by atoms with E-state index in [1.54, 1.807) is 4.90 Å². The molecule has 2 aliphatic heterocycles. The molecule has 0 unspecified atom stereocenters. The number of aliphatic hydroxyl groups excluding tert-OH is 1. The molecular formula is C17H25N3O3. The highest BCUT2D eigenvalue weighted by Crippen LogP contribution is 2.40. The van der Waals surface area contributed by atoms with Crippen molar-refractivity contribution in [1.82, 2.24) is 14.4 Å². The van der Waals surface area contributed by atoms with Crippen LogP contribution in [0.4, 0.5) is 0 Å². The molecule has 0 saturated carbocycles. The van der Waals surface area contributed by atoms with Crippen molar-refractivity contribution < 1.29 is 14.7 Å². The third-order valence-electron chi connectivity index (χ3n) is 5.45. The van der Waals surface area contributed by atoms with Crippen molar-refractivity contribution in [3.8, 4) is 0 Å². The van der Waals surface area contributed by atoms with Gasteiger partial charge in [0.15, 0.2) is 0 Å². The van der Waals surface area contributed by atoms with E-state index in [4.69, 9.17) is 5.11 Å². The minimum atomic E-state index is -0.439. The fraction of sp³-hybridized carbons (Fsp3) is 0.647. The van der Waals surface area contributed by atoms with Crippen LogP contribution in [0.15, 0.2) is 12.3 Å². The van der Waals surface area contributed by atoms with E-state index in [1.165, 1.54) is 0 Å². The third kappa shape index (κ3) is 2.65. The van der Waals surface area contributed by atoms with Crippen molar-refractivity contribution in [3.05, 3.63) is 23.5 Å². The molecule has 1 atom stereocenters. The van der Waals surface area contributed by atoms with Gasteiger partial charge < -0.3 is 19.5 Å². The summed E-state index contributed by atoms with van der Waals surface area (Å²) >= 11 is 0. The molecule has 2 aliphatic rings. The second-order valence-corrected chi connectivity index (χ2v) is 6.80. The Bertz CT molecular complexity index is 623. The van der Waals surface area contributed by atoms with Gasteiger partial charge in [-0.1, -0.05) is 0 Å². The first kappa shape index (κ1) is 16.1. The van der Waals surface area contributed by atoms with E-state index in [0.29, 0.717) is 26.2 Å². The standard InChI is InChI=1S/C17H25N3O3/c1-13-14(4-8-18(13)2)15(22)20-9-6-17(12-20)5-3-7-19(10-11-21)16(17)23/h4,8,21H,3,5-7,9-12H2,1-2H3/t17-/m1/s1. The van der Waals surface area contributed by atoms with Crippen molar-refractivity contribution in [2.75, 3.05) is 32.8 Å². The second kappa shape index (κ2) is 6.00. The molecule has 2 saturated heterocycles. The number of hydrogen-bond acceptors (Lipinski definition) is 3. The Morgan fingerprint density at radius 2 is 2.13 bits per heavy atom. The third-order valence-corrected chi connectivity index (χ3v) is 5.45. The minimum absolute atomic E-state index is 0.00627. The van der Waals surface area contributed by atoms with E-state index in [9.17, 15) is 9.59 Å². The molecule has 2 amide bonds. The zero-order chi connectivity index (χ0) is 16.6. The number of rotatable bonds is 3. The van der Waals surface area contributed by atoms with Gasteiger partial charge in [0.1, 0.15) is 0 Å². The van der Waals surface area contributed by atoms with Gasteiger partial charge in [-0.05, 0) is 32.3 Å². The molecule has 1 aromatic heterocycles. The van der Waals surface area contributed by atoms with Crippen LogP contribution in [0.25, 0.3) is 0 Å². The van der Waals surface area contributed by atoms with Gasteiger partial charge in [0, 0.05) is 45.1 Å². The number of piperidine rings is 1. The van der Waals surface area contributed by atoms with E-state index >= 15 is 0 Å². The van der Waals surface area contributed by atoms with Gasteiger partial charge in [-0.25, -0.2) is 0 Å². The van der Waals surface area contributed by atoms with Crippen LogP contribution in [-0.4, -0.2) is 64.1 Å². The Balaban J connectivity index is 1.76. The van der Waals surface area contributed by atoms with Crippen LogP contribution in [0, 0.1) is 12.3 Å². The number of nitrogens with zero attached hydrogens (tertiary/aromatic N) is 3. The van der Waals surface area contributed by atoms with Gasteiger partial charge >= 0.3 is 0 Å². The van der Waals surface area contributed by atoms with E-state index in [1.807, 2.05) is 35.7 Å². The topological polar surface area (TPSA) is 65.8 Å². The maximum Gasteiger partial charge on any atom is 0.255 e. The first-order valence-electron chi connectivity index (χ1n) is 8.30. The molecule has 1 N–H and O–H groups in total. The van der Waals surface area contributed by atoms with Gasteiger partial charge in [-0.15, -0.1) is 0 Å². The van der Waals surface area contributed by atoms with Crippen molar-refractivity contribution in [2.24, 2.45) is 12.5 Å². The molecule has 0 aliphatic carbocycles. The van der Waals surface area contributed by atoms with Crippen LogP contribution in [-0.2, 0) is 11.8 Å². The molecule has 0 bridgehead atoms. The van der Waals surface area contributed by atoms with Crippen molar-refractivity contribution >= 4 is 11.8 Å². The monoisotopic (exact) mass is 319 g/mol. The molecule has 6 nitrogen and oxygen atoms in total. The average Bonchev–Trinajstić information content (AvgIpc) is 3.10. The molecule has 1 aromatic rings. The zero-order valence-electron chi connectivity index (χ0n) is 13.9. The SMILES string of the molecule is Cc1c(C(=O)N2CC[C@]3(CCCN(CCO)C3=O)C2)ccn1C. The van der Waals surface area contributed by atoms with Gasteiger partial charge in [0.25, 0.3) is 5.91 Å². The second-order valence-electron chi connectivity index (χ2n) is 6.80. The normalized spacial score (nSPS) is 24.7. The number of amides is 2. The van der Waals surface area contributed by atoms with Crippen molar-refractivity contribution in [2.45, 2.75) is 26.2 Å². The van der Waals surface area contributed by atoms with Crippen LogP contribution in [0.5, 0.6) is 0 Å². The smallest absolute Gasteiger partial charge is 0.255 e. The first-order chi connectivity index (χ1) is 11.0. The van der Waals surface area contributed by atoms with Crippen LogP contribution in [0.2, 0.25) is 0 Å². The van der Waals surface area contributed by atoms with Gasteiger partial charge in [-0.2, -0.15) is 0 Å². The highest BCUT2D eigenvalue weighted by molar-refractivity contribution is 5.96. The molecule has 6 heteroatoms. The lowest BCUT2D eigenvalue weighted by Crippen LogP contribution is -2.51. The quantitative estimate of drug-likeness (QED) is 0.895. The van der Waals surface area contributed by atoms with E-state index in [2.05, 4.69) is 0 Å². The lowest BCUT2D eigenvalue weighted by Gasteiger charge is -2.39. The number of hydrogen-bond donors (Lipinski definition) is 1. The van der Waals surface area contributed by atoms with Crippen molar-refractivity contribution in [3.63, 3.8) is 0 Å². The van der Waals surface area contributed by atoms with E-state index in [-0.39, 0.29) is 18.4 Å². The number of likely N-dealkylation sites (tertiary alicyclic amines) is 2. The number of β-amino-alcohol motifs (C(OH)–C–C–N with tert-alkyl or cyclic N) is 1. The molecule has 3 rings (SSSR count). The predicted molar refractivity (Wildman–Crippen MR) is 86.0 cm³/mol. The number of carbonyl (C=O) groups is 2. The summed E-state index contributed by atoms with van der Waals surface area (Å²) in [7, 11) is 1.93. The summed E-state index contributed by atoms with van der Waals surface area (Å²) in [6.45, 7) is 4.17. The molecule has 126 valence electrons. The minimum Gasteiger partial charge on any atom is -0.395 e. The Morgan fingerprint density at radius 3 is 2.78 bits per heavy atom. The van der Waals surface area contributed by atoms with Gasteiger partial charge in [0.2, 0.25) is 5.91 Å². The lowest BCUT2D eigenvalue weighted by molar-refractivity contribution is -0.146. The summed E-state index contributed by atoms with van der Waals surface area (Å²) in [5.74, 6) is 0.130. The van der Waals surface area contributed by atoms with E-state index < -0.39 is 5.41 Å². The summed E-state index contributed by atoms with van der Waals surface area (Å²) in [6.07, 6.45) is 4.40. The van der Waals surface area contributed by atoms with Gasteiger partial charge in [-0.3, -0.25) is 9.59 Å². The summed E-state index contributed by atoms with van der Waals surface area (Å²) in [6, 6.07) is 1.85. The summed E-state index contributed by atoms with van der Waals surface area (Å²) in [4.78, 5) is 29.1. The summed E-state index contributed by atoms with van der Waals surface area (Å²) in [5, 5.41) is 9.13. The molecule has 0 aromatic carbocycles. The summed E-state index contributed by atoms with van der Waals surface area (Å²) < 4.78 is 1.94. The average molecular weight is 319 g/mol. The first-order valence-corrected chi connectivity index (χ1v) is 8.30.